The highest BCUT2D eigenvalue weighted by atomic mass is 16.5. The lowest BCUT2D eigenvalue weighted by molar-refractivity contribution is -0.121. The minimum absolute atomic E-state index is 0.00219. The van der Waals surface area contributed by atoms with Crippen molar-refractivity contribution in [3.8, 4) is 0 Å². The first-order chi connectivity index (χ1) is 11.6. The van der Waals surface area contributed by atoms with E-state index < -0.39 is 0 Å². The average molecular weight is 332 g/mol. The van der Waals surface area contributed by atoms with Crippen molar-refractivity contribution in [1.82, 2.24) is 20.2 Å². The Hall–Kier alpha value is -2.02. The molecule has 1 atom stereocenters. The fourth-order valence-corrected chi connectivity index (χ4v) is 2.74. The van der Waals surface area contributed by atoms with Gasteiger partial charge in [0.05, 0.1) is 18.0 Å². The quantitative estimate of drug-likeness (QED) is 0.807. The lowest BCUT2D eigenvalue weighted by Crippen LogP contribution is -2.40. The number of ether oxygens (including phenoxy) is 1. The first kappa shape index (κ1) is 16.8. The third-order valence-electron chi connectivity index (χ3n) is 4.29. The summed E-state index contributed by atoms with van der Waals surface area (Å²) >= 11 is 0. The van der Waals surface area contributed by atoms with Crippen LogP contribution in [0, 0.1) is 6.92 Å². The van der Waals surface area contributed by atoms with Gasteiger partial charge in [0, 0.05) is 38.4 Å². The molecule has 24 heavy (non-hydrogen) atoms. The Balaban J connectivity index is 1.61. The Labute approximate surface area is 141 Å². The molecule has 1 aliphatic carbocycles. The van der Waals surface area contributed by atoms with E-state index in [-0.39, 0.29) is 17.9 Å². The van der Waals surface area contributed by atoms with Crippen LogP contribution in [-0.2, 0) is 9.53 Å². The van der Waals surface area contributed by atoms with Gasteiger partial charge in [0.1, 0.15) is 5.69 Å². The molecule has 1 N–H and O–H groups in total. The van der Waals surface area contributed by atoms with Crippen LogP contribution in [0.15, 0.2) is 12.4 Å². The van der Waals surface area contributed by atoms with Crippen molar-refractivity contribution in [2.75, 3.05) is 19.7 Å². The first-order valence-corrected chi connectivity index (χ1v) is 8.60. The van der Waals surface area contributed by atoms with Gasteiger partial charge in [-0.05, 0) is 32.6 Å². The van der Waals surface area contributed by atoms with Crippen molar-refractivity contribution in [1.29, 1.82) is 0 Å². The number of carbonyl (C=O) groups is 2. The van der Waals surface area contributed by atoms with Gasteiger partial charge in [-0.25, -0.2) is 4.98 Å². The summed E-state index contributed by atoms with van der Waals surface area (Å²) in [6, 6.07) is 0.336. The van der Waals surface area contributed by atoms with Gasteiger partial charge in [-0.1, -0.05) is 0 Å². The van der Waals surface area contributed by atoms with Gasteiger partial charge < -0.3 is 15.0 Å². The van der Waals surface area contributed by atoms with Gasteiger partial charge in [-0.2, -0.15) is 0 Å². The van der Waals surface area contributed by atoms with Crippen molar-refractivity contribution in [3.05, 3.63) is 23.8 Å². The standard InChI is InChI=1S/C17H24N4O3/c1-12-9-19-15(10-18-12)17(23)21(11-14-3-2-8-24-14)7-6-16(22)20-13-4-5-13/h9-10,13-14H,2-8,11H2,1H3,(H,20,22)/t14-/m0/s1. The molecule has 1 saturated carbocycles. The zero-order valence-electron chi connectivity index (χ0n) is 14.0. The van der Waals surface area contributed by atoms with E-state index in [0.717, 1.165) is 38.0 Å². The van der Waals surface area contributed by atoms with E-state index in [1.54, 1.807) is 11.1 Å². The van der Waals surface area contributed by atoms with Gasteiger partial charge in [-0.15, -0.1) is 0 Å². The smallest absolute Gasteiger partial charge is 0.274 e. The number of hydrogen-bond acceptors (Lipinski definition) is 5. The number of hydrogen-bond donors (Lipinski definition) is 1. The summed E-state index contributed by atoms with van der Waals surface area (Å²) in [4.78, 5) is 34.6. The molecule has 1 aromatic heterocycles. The predicted octanol–water partition coefficient (Wildman–Crippen LogP) is 1.07. The van der Waals surface area contributed by atoms with Gasteiger partial charge in [0.2, 0.25) is 5.91 Å². The lowest BCUT2D eigenvalue weighted by atomic mass is 10.2. The van der Waals surface area contributed by atoms with Gasteiger partial charge in [-0.3, -0.25) is 14.6 Å². The average Bonchev–Trinajstić information content (AvgIpc) is 3.23. The summed E-state index contributed by atoms with van der Waals surface area (Å²) in [7, 11) is 0. The van der Waals surface area contributed by atoms with E-state index in [0.29, 0.717) is 31.2 Å². The molecule has 1 saturated heterocycles. The van der Waals surface area contributed by atoms with Crippen molar-refractivity contribution < 1.29 is 14.3 Å². The number of aromatic nitrogens is 2. The molecule has 3 rings (SSSR count). The van der Waals surface area contributed by atoms with Crippen LogP contribution in [0.1, 0.15) is 48.3 Å². The van der Waals surface area contributed by atoms with Crippen molar-refractivity contribution >= 4 is 11.8 Å². The molecule has 7 heteroatoms. The monoisotopic (exact) mass is 332 g/mol. The highest BCUT2D eigenvalue weighted by Gasteiger charge is 2.26. The summed E-state index contributed by atoms with van der Waals surface area (Å²) in [6.45, 7) is 3.42. The minimum Gasteiger partial charge on any atom is -0.376 e. The van der Waals surface area contributed by atoms with Crippen LogP contribution in [0.25, 0.3) is 0 Å². The van der Waals surface area contributed by atoms with E-state index in [9.17, 15) is 9.59 Å². The number of rotatable bonds is 7. The largest absolute Gasteiger partial charge is 0.376 e. The zero-order chi connectivity index (χ0) is 16.9. The van der Waals surface area contributed by atoms with E-state index in [4.69, 9.17) is 4.74 Å². The molecule has 2 aliphatic rings. The maximum absolute atomic E-state index is 12.7. The fourth-order valence-electron chi connectivity index (χ4n) is 2.74. The number of nitrogens with one attached hydrogen (secondary N) is 1. The zero-order valence-corrected chi connectivity index (χ0v) is 14.0. The van der Waals surface area contributed by atoms with Gasteiger partial charge in [0.15, 0.2) is 0 Å². The second-order valence-electron chi connectivity index (χ2n) is 6.52. The molecule has 2 heterocycles. The van der Waals surface area contributed by atoms with Crippen LogP contribution < -0.4 is 5.32 Å². The summed E-state index contributed by atoms with van der Waals surface area (Å²) in [5.74, 6) is -0.199. The topological polar surface area (TPSA) is 84.4 Å². The molecule has 0 unspecified atom stereocenters. The third kappa shape index (κ3) is 4.74. The normalized spacial score (nSPS) is 20.0. The highest BCUT2D eigenvalue weighted by Crippen LogP contribution is 2.19. The van der Waals surface area contributed by atoms with E-state index >= 15 is 0 Å². The van der Waals surface area contributed by atoms with Crippen molar-refractivity contribution in [2.24, 2.45) is 0 Å². The highest BCUT2D eigenvalue weighted by molar-refractivity contribution is 5.92. The number of nitrogens with zero attached hydrogens (tertiary/aromatic N) is 3. The van der Waals surface area contributed by atoms with Crippen molar-refractivity contribution in [3.63, 3.8) is 0 Å². The fraction of sp³-hybridized carbons (Fsp3) is 0.647. The minimum atomic E-state index is -0.197. The number of amides is 2. The number of aryl methyl sites for hydroxylation is 1. The Morgan fingerprint density at radius 3 is 2.75 bits per heavy atom. The molecular weight excluding hydrogens is 308 g/mol. The first-order valence-electron chi connectivity index (χ1n) is 8.60. The molecule has 0 bridgehead atoms. The molecule has 2 fully saturated rings. The van der Waals surface area contributed by atoms with E-state index in [2.05, 4.69) is 15.3 Å². The van der Waals surface area contributed by atoms with Gasteiger partial charge in [0.25, 0.3) is 5.91 Å². The second-order valence-corrected chi connectivity index (χ2v) is 6.52. The summed E-state index contributed by atoms with van der Waals surface area (Å²) in [5.41, 5.74) is 1.07. The molecule has 0 radical (unpaired) electrons. The molecule has 7 nitrogen and oxygen atoms in total. The molecule has 0 aromatic carbocycles. The molecular formula is C17H24N4O3. The maximum Gasteiger partial charge on any atom is 0.274 e. The van der Waals surface area contributed by atoms with Gasteiger partial charge >= 0.3 is 0 Å². The third-order valence-corrected chi connectivity index (χ3v) is 4.29. The predicted molar refractivity (Wildman–Crippen MR) is 87.4 cm³/mol. The summed E-state index contributed by atoms with van der Waals surface area (Å²) in [6.07, 6.45) is 7.48. The molecule has 1 aromatic rings. The Bertz CT molecular complexity index is 580. The molecule has 2 amide bonds. The summed E-state index contributed by atoms with van der Waals surface area (Å²) in [5, 5.41) is 2.95. The number of carbonyl (C=O) groups excluding carboxylic acids is 2. The lowest BCUT2D eigenvalue weighted by Gasteiger charge is -2.25. The Morgan fingerprint density at radius 2 is 2.12 bits per heavy atom. The van der Waals surface area contributed by atoms with Crippen LogP contribution in [0.3, 0.4) is 0 Å². The van der Waals surface area contributed by atoms with Crippen LogP contribution in [-0.4, -0.2) is 58.5 Å². The van der Waals surface area contributed by atoms with Crippen LogP contribution in [0.5, 0.6) is 0 Å². The molecule has 1 aliphatic heterocycles. The van der Waals surface area contributed by atoms with Crippen LogP contribution >= 0.6 is 0 Å². The van der Waals surface area contributed by atoms with E-state index in [1.807, 2.05) is 6.92 Å². The maximum atomic E-state index is 12.7. The van der Waals surface area contributed by atoms with Crippen molar-refractivity contribution in [2.45, 2.75) is 51.2 Å². The SMILES string of the molecule is Cc1cnc(C(=O)N(CCC(=O)NC2CC2)C[C@@H]2CCCO2)cn1. The summed E-state index contributed by atoms with van der Waals surface area (Å²) < 4.78 is 5.64. The van der Waals surface area contributed by atoms with E-state index in [1.165, 1.54) is 6.20 Å². The Morgan fingerprint density at radius 1 is 1.29 bits per heavy atom. The Kier molecular flexibility index (Phi) is 5.40. The molecule has 0 spiro atoms. The molecule has 130 valence electrons. The van der Waals surface area contributed by atoms with Crippen LogP contribution in [0.4, 0.5) is 0 Å². The van der Waals surface area contributed by atoms with Crippen LogP contribution in [0.2, 0.25) is 0 Å². The second kappa shape index (κ2) is 7.70.